The second-order valence-corrected chi connectivity index (χ2v) is 8.19. The number of carbonyl (C=O) groups excluding carboxylic acids is 2. The molecule has 8 nitrogen and oxygen atoms in total. The van der Waals surface area contributed by atoms with Crippen LogP contribution in [0.3, 0.4) is 0 Å². The van der Waals surface area contributed by atoms with Crippen molar-refractivity contribution in [1.82, 2.24) is 9.97 Å². The van der Waals surface area contributed by atoms with E-state index in [1.807, 2.05) is 12.1 Å². The van der Waals surface area contributed by atoms with Crippen molar-refractivity contribution in [3.05, 3.63) is 78.9 Å². The molecule has 1 fully saturated rings. The molecule has 1 aromatic heterocycles. The molecule has 0 radical (unpaired) electrons. The first-order valence-corrected chi connectivity index (χ1v) is 10.9. The molecule has 0 aliphatic heterocycles. The molecule has 2 amide bonds. The van der Waals surface area contributed by atoms with Crippen molar-refractivity contribution in [3.8, 4) is 17.4 Å². The normalized spacial score (nSPS) is 13.7. The van der Waals surface area contributed by atoms with Gasteiger partial charge in [-0.2, -0.15) is 0 Å². The topological polar surface area (TPSA) is 102 Å². The molecule has 2 N–H and O–H groups in total. The van der Waals surface area contributed by atoms with Crippen LogP contribution in [0.1, 0.15) is 12.8 Å². The summed E-state index contributed by atoms with van der Waals surface area (Å²) in [4.78, 5) is 34.0. The predicted molar refractivity (Wildman–Crippen MR) is 128 cm³/mol. The summed E-state index contributed by atoms with van der Waals surface area (Å²) in [5.74, 6) is 0.350. The lowest BCUT2D eigenvalue weighted by molar-refractivity contribution is -0.131. The largest absolute Gasteiger partial charge is 0.497 e. The maximum atomic E-state index is 13.1. The van der Waals surface area contributed by atoms with Crippen LogP contribution in [0.15, 0.2) is 73.1 Å². The Balaban J connectivity index is 1.26. The number of methoxy groups -OCH3 is 1. The SMILES string of the molecule is COc1ccc2ncnc(Oc3ccc(NC(=O)C4(C(=O)Nc5ccc(F)cc5)CC4)cc3)c2c1. The zero-order valence-electron chi connectivity index (χ0n) is 18.7. The summed E-state index contributed by atoms with van der Waals surface area (Å²) < 4.78 is 24.3. The van der Waals surface area contributed by atoms with Crippen molar-refractivity contribution in [2.75, 3.05) is 17.7 Å². The van der Waals surface area contributed by atoms with Crippen LogP contribution in [0.25, 0.3) is 10.9 Å². The summed E-state index contributed by atoms with van der Waals surface area (Å²) in [5.41, 5.74) is 0.542. The van der Waals surface area contributed by atoms with Gasteiger partial charge in [-0.05, 0) is 79.6 Å². The maximum absolute atomic E-state index is 13.1. The van der Waals surface area contributed by atoms with Crippen LogP contribution in [-0.4, -0.2) is 28.9 Å². The second kappa shape index (κ2) is 9.02. The fraction of sp³-hybridized carbons (Fsp3) is 0.154. The van der Waals surface area contributed by atoms with Crippen molar-refractivity contribution in [3.63, 3.8) is 0 Å². The molecule has 0 saturated heterocycles. The molecule has 1 aliphatic rings. The Bertz CT molecular complexity index is 1400. The van der Waals surface area contributed by atoms with Crippen LogP contribution in [0.4, 0.5) is 15.8 Å². The highest BCUT2D eigenvalue weighted by atomic mass is 19.1. The van der Waals surface area contributed by atoms with Crippen molar-refractivity contribution in [2.45, 2.75) is 12.8 Å². The molecule has 3 aromatic carbocycles. The average molecular weight is 472 g/mol. The number of anilines is 2. The number of nitrogens with zero attached hydrogens (tertiary/aromatic N) is 2. The molecule has 0 unspecified atom stereocenters. The van der Waals surface area contributed by atoms with Gasteiger partial charge in [0, 0.05) is 11.4 Å². The number of aromatic nitrogens is 2. The fourth-order valence-corrected chi connectivity index (χ4v) is 3.66. The van der Waals surface area contributed by atoms with Crippen LogP contribution < -0.4 is 20.1 Å². The number of hydrogen-bond acceptors (Lipinski definition) is 6. The van der Waals surface area contributed by atoms with E-state index in [1.165, 1.54) is 30.6 Å². The van der Waals surface area contributed by atoms with Crippen LogP contribution in [0, 0.1) is 11.2 Å². The third kappa shape index (κ3) is 4.61. The van der Waals surface area contributed by atoms with Gasteiger partial charge in [0.25, 0.3) is 0 Å². The van der Waals surface area contributed by atoms with Gasteiger partial charge in [0.05, 0.1) is 18.0 Å². The van der Waals surface area contributed by atoms with Gasteiger partial charge < -0.3 is 20.1 Å². The van der Waals surface area contributed by atoms with E-state index in [4.69, 9.17) is 9.47 Å². The highest BCUT2D eigenvalue weighted by Crippen LogP contribution is 2.47. The third-order valence-corrected chi connectivity index (χ3v) is 5.85. The first kappa shape index (κ1) is 22.3. The van der Waals surface area contributed by atoms with Gasteiger partial charge in [-0.3, -0.25) is 9.59 Å². The lowest BCUT2D eigenvalue weighted by Gasteiger charge is -2.16. The number of halogens is 1. The van der Waals surface area contributed by atoms with Crippen LogP contribution in [-0.2, 0) is 9.59 Å². The molecule has 4 aromatic rings. The highest BCUT2D eigenvalue weighted by Gasteiger charge is 2.56. The summed E-state index contributed by atoms with van der Waals surface area (Å²) in [5, 5.41) is 6.19. The van der Waals surface area contributed by atoms with Crippen molar-refractivity contribution in [1.29, 1.82) is 0 Å². The minimum atomic E-state index is -1.14. The predicted octanol–water partition coefficient (Wildman–Crippen LogP) is 4.93. The number of amides is 2. The lowest BCUT2D eigenvalue weighted by atomic mass is 10.0. The zero-order chi connectivity index (χ0) is 24.4. The summed E-state index contributed by atoms with van der Waals surface area (Å²) in [6, 6.07) is 17.6. The number of nitrogens with one attached hydrogen (secondary N) is 2. The van der Waals surface area contributed by atoms with E-state index >= 15 is 0 Å². The van der Waals surface area contributed by atoms with Crippen molar-refractivity contribution < 1.29 is 23.5 Å². The summed E-state index contributed by atoms with van der Waals surface area (Å²) in [6.45, 7) is 0. The van der Waals surface area contributed by atoms with E-state index in [9.17, 15) is 14.0 Å². The van der Waals surface area contributed by atoms with Crippen LogP contribution >= 0.6 is 0 Å². The quantitative estimate of drug-likeness (QED) is 0.370. The monoisotopic (exact) mass is 472 g/mol. The first-order chi connectivity index (χ1) is 17.0. The Morgan fingerprint density at radius 1 is 0.857 bits per heavy atom. The van der Waals surface area contributed by atoms with E-state index in [0.29, 0.717) is 52.5 Å². The van der Waals surface area contributed by atoms with E-state index in [2.05, 4.69) is 20.6 Å². The Hall–Kier alpha value is -4.53. The molecule has 0 bridgehead atoms. The molecule has 35 heavy (non-hydrogen) atoms. The molecule has 1 saturated carbocycles. The van der Waals surface area contributed by atoms with Gasteiger partial charge >= 0.3 is 0 Å². The van der Waals surface area contributed by atoms with E-state index < -0.39 is 17.1 Å². The van der Waals surface area contributed by atoms with Gasteiger partial charge in [-0.25, -0.2) is 14.4 Å². The molecule has 0 spiro atoms. The standard InChI is InChI=1S/C26H21FN4O4/c1-34-20-10-11-22-21(14-20)23(29-15-28-22)35-19-8-6-18(7-9-19)31-25(33)26(12-13-26)24(32)30-17-4-2-16(27)3-5-17/h2-11,14-15H,12-13H2,1H3,(H,30,32)(H,31,33). The van der Waals surface area contributed by atoms with Gasteiger partial charge in [0.1, 0.15) is 29.1 Å². The Morgan fingerprint density at radius 2 is 1.46 bits per heavy atom. The van der Waals surface area contributed by atoms with Gasteiger partial charge in [-0.1, -0.05) is 0 Å². The zero-order valence-corrected chi connectivity index (χ0v) is 18.7. The number of rotatable bonds is 7. The van der Waals surface area contributed by atoms with Gasteiger partial charge in [0.2, 0.25) is 17.7 Å². The molecule has 1 heterocycles. The summed E-state index contributed by atoms with van der Waals surface area (Å²) in [6.07, 6.45) is 2.30. The minimum absolute atomic E-state index is 0.375. The second-order valence-electron chi connectivity index (χ2n) is 8.19. The molecule has 0 atom stereocenters. The average Bonchev–Trinajstić information content (AvgIpc) is 3.69. The number of fused-ring (bicyclic) bond motifs is 1. The lowest BCUT2D eigenvalue weighted by Crippen LogP contribution is -2.35. The Labute approximate surface area is 200 Å². The molecule has 176 valence electrons. The molecule has 1 aliphatic carbocycles. The molecule has 5 rings (SSSR count). The molecular formula is C26H21FN4O4. The highest BCUT2D eigenvalue weighted by molar-refractivity contribution is 6.16. The van der Waals surface area contributed by atoms with E-state index in [-0.39, 0.29) is 5.91 Å². The fourth-order valence-electron chi connectivity index (χ4n) is 3.66. The van der Waals surface area contributed by atoms with E-state index in [1.54, 1.807) is 37.4 Å². The van der Waals surface area contributed by atoms with E-state index in [0.717, 1.165) is 0 Å². The first-order valence-electron chi connectivity index (χ1n) is 10.9. The number of benzene rings is 3. The third-order valence-electron chi connectivity index (χ3n) is 5.85. The summed E-state index contributed by atoms with van der Waals surface area (Å²) >= 11 is 0. The number of hydrogen-bond donors (Lipinski definition) is 2. The van der Waals surface area contributed by atoms with Gasteiger partial charge in [-0.15, -0.1) is 0 Å². The minimum Gasteiger partial charge on any atom is -0.497 e. The Kier molecular flexibility index (Phi) is 5.74. The Morgan fingerprint density at radius 3 is 2.06 bits per heavy atom. The van der Waals surface area contributed by atoms with Crippen molar-refractivity contribution >= 4 is 34.1 Å². The van der Waals surface area contributed by atoms with Crippen LogP contribution in [0.2, 0.25) is 0 Å². The van der Waals surface area contributed by atoms with Crippen molar-refractivity contribution in [2.24, 2.45) is 5.41 Å². The molecular weight excluding hydrogens is 451 g/mol. The summed E-state index contributed by atoms with van der Waals surface area (Å²) in [7, 11) is 1.58. The van der Waals surface area contributed by atoms with Crippen LogP contribution in [0.5, 0.6) is 17.4 Å². The smallest absolute Gasteiger partial charge is 0.240 e. The van der Waals surface area contributed by atoms with Gasteiger partial charge in [0.15, 0.2) is 0 Å². The number of carbonyl (C=O) groups is 2. The maximum Gasteiger partial charge on any atom is 0.240 e. The number of ether oxygens (including phenoxy) is 2. The molecule has 9 heteroatoms.